The van der Waals surface area contributed by atoms with Crippen LogP contribution in [0, 0.1) is 61.7 Å². The second kappa shape index (κ2) is 38.0. The number of halogens is 3. The summed E-state index contributed by atoms with van der Waals surface area (Å²) in [5.74, 6) is 2.37. The zero-order chi connectivity index (χ0) is 68.2. The molecule has 0 bridgehead atoms. The lowest BCUT2D eigenvalue weighted by Crippen LogP contribution is -2.28. The molecule has 0 aliphatic rings. The van der Waals surface area contributed by atoms with E-state index in [1.165, 1.54) is 64.6 Å². The van der Waals surface area contributed by atoms with Gasteiger partial charge in [0, 0.05) is 5.02 Å². The van der Waals surface area contributed by atoms with Crippen LogP contribution in [-0.2, 0) is 23.7 Å². The molecule has 0 fully saturated rings. The van der Waals surface area contributed by atoms with Gasteiger partial charge in [0.15, 0.2) is 0 Å². The summed E-state index contributed by atoms with van der Waals surface area (Å²) >= 11 is 18.0. The Bertz CT molecular complexity index is 3030. The molecule has 0 heterocycles. The van der Waals surface area contributed by atoms with E-state index >= 15 is 0 Å². The average molecular weight is 1270 g/mol. The molecular weight excluding hydrogens is 1150 g/mol. The highest BCUT2D eigenvalue weighted by molar-refractivity contribution is 6.32. The Labute approximate surface area is 561 Å². The minimum Gasteiger partial charge on any atom is -0.493 e. The minimum atomic E-state index is 0.124. The summed E-state index contributed by atoms with van der Waals surface area (Å²) in [5.41, 5.74) is 13.9. The zero-order valence-electron chi connectivity index (χ0n) is 60.8. The number of aryl methyl sites for hydroxylation is 7. The SMILES string of the molecule is CC(C)(C)CCc1ccccc1.CC(Oc1ccccc1Cl)C(C)(C)C.Cc1ccc(C(C)(C)C)cc1.Cc1ccc(CCC(C)(C)C)cc1.Cc1ccc(OCC(C)(C)C)c(Cl)c1.Cc1ccc(OCC(C)(C)C)cc1Cl.Cc1cccc(C(C)(C)C)c1. The van der Waals surface area contributed by atoms with E-state index in [-0.39, 0.29) is 33.2 Å². The van der Waals surface area contributed by atoms with Crippen molar-refractivity contribution in [2.24, 2.45) is 27.1 Å². The molecule has 0 saturated heterocycles. The fourth-order valence-electron chi connectivity index (χ4n) is 7.49. The second-order valence-electron chi connectivity index (χ2n) is 31.9. The van der Waals surface area contributed by atoms with Crippen LogP contribution in [-0.4, -0.2) is 19.3 Å². The van der Waals surface area contributed by atoms with Crippen LogP contribution in [0.25, 0.3) is 0 Å². The monoisotopic (exact) mass is 1270 g/mol. The molecule has 7 rings (SSSR count). The Balaban J connectivity index is 0.000000520. The van der Waals surface area contributed by atoms with Gasteiger partial charge in [-0.25, -0.2) is 0 Å². The molecule has 3 nitrogen and oxygen atoms in total. The molecule has 492 valence electrons. The Morgan fingerprint density at radius 2 is 0.798 bits per heavy atom. The van der Waals surface area contributed by atoms with Crippen molar-refractivity contribution in [2.75, 3.05) is 13.2 Å². The normalized spacial score (nSPS) is 11.9. The lowest BCUT2D eigenvalue weighted by Gasteiger charge is -2.28. The highest BCUT2D eigenvalue weighted by atomic mass is 35.5. The van der Waals surface area contributed by atoms with Crippen LogP contribution in [0.15, 0.2) is 164 Å². The van der Waals surface area contributed by atoms with Gasteiger partial charge in [-0.3, -0.25) is 0 Å². The Morgan fingerprint density at radius 1 is 0.348 bits per heavy atom. The molecule has 1 atom stereocenters. The standard InChI is InChI=1S/C13H20.3C12H17ClO.C12H18.2C11H16/c1-11-5-7-12(8-6-11)9-10-13(2,3)4;1-9-5-6-10(7-11(9)13)14-8-12(2,3)4;1-9-5-6-11(10(13)7-9)14-8-12(2,3)4;1-9(12(2,3)4)14-11-8-6-5-7-10(11)13;1-12(2,3)10-9-11-7-5-4-6-8-11;1-9-5-7-10(8-6-9)11(2,3)4;1-9-6-5-7-10(8-9)11(2,3)4/h5-8H,9-10H2,1-4H3;2*5-7H,8H2,1-4H3;5-9H,1-4H3;4-8H,9-10H2,1-3H3;2*5-8H,1-4H3. The molecule has 0 aliphatic heterocycles. The maximum atomic E-state index is 6.03. The van der Waals surface area contributed by atoms with Gasteiger partial charge < -0.3 is 14.2 Å². The summed E-state index contributed by atoms with van der Waals surface area (Å²) in [6.45, 7) is 60.2. The number of rotatable bonds is 10. The molecule has 0 aliphatic carbocycles. The van der Waals surface area contributed by atoms with E-state index in [2.05, 4.69) is 276 Å². The fourth-order valence-corrected chi connectivity index (χ4v) is 8.13. The first kappa shape index (κ1) is 81.8. The molecule has 7 aromatic carbocycles. The molecule has 6 heteroatoms. The third-order valence-electron chi connectivity index (χ3n) is 14.0. The molecule has 89 heavy (non-hydrogen) atoms. The van der Waals surface area contributed by atoms with E-state index in [1.54, 1.807) is 0 Å². The number of para-hydroxylation sites is 1. The van der Waals surface area contributed by atoms with Gasteiger partial charge in [-0.15, -0.1) is 0 Å². The van der Waals surface area contributed by atoms with E-state index in [9.17, 15) is 0 Å². The smallest absolute Gasteiger partial charge is 0.138 e. The molecule has 0 radical (unpaired) electrons. The first-order chi connectivity index (χ1) is 40.7. The quantitative estimate of drug-likeness (QED) is 0.137. The van der Waals surface area contributed by atoms with Gasteiger partial charge >= 0.3 is 0 Å². The van der Waals surface area contributed by atoms with Crippen LogP contribution in [0.3, 0.4) is 0 Å². The average Bonchev–Trinajstić information content (AvgIpc) is 2.28. The Kier molecular flexibility index (Phi) is 34.9. The number of ether oxygens (including phenoxy) is 3. The lowest BCUT2D eigenvalue weighted by molar-refractivity contribution is 0.104. The zero-order valence-corrected chi connectivity index (χ0v) is 63.0. The topological polar surface area (TPSA) is 27.7 Å². The van der Waals surface area contributed by atoms with Gasteiger partial charge in [0.25, 0.3) is 0 Å². The largest absolute Gasteiger partial charge is 0.493 e. The van der Waals surface area contributed by atoms with E-state index in [4.69, 9.17) is 49.0 Å². The third-order valence-corrected chi connectivity index (χ3v) is 15.0. The van der Waals surface area contributed by atoms with Crippen LogP contribution in [0.1, 0.15) is 215 Å². The van der Waals surface area contributed by atoms with Gasteiger partial charge in [-0.2, -0.15) is 0 Å². The lowest BCUT2D eigenvalue weighted by atomic mass is 9.86. The molecule has 0 N–H and O–H groups in total. The van der Waals surface area contributed by atoms with Crippen LogP contribution in [0.5, 0.6) is 17.2 Å². The highest BCUT2D eigenvalue weighted by Crippen LogP contribution is 2.31. The first-order valence-corrected chi connectivity index (χ1v) is 33.3. The Morgan fingerprint density at radius 3 is 1.22 bits per heavy atom. The second-order valence-corrected chi connectivity index (χ2v) is 33.1. The van der Waals surface area contributed by atoms with E-state index in [0.717, 1.165) is 33.4 Å². The summed E-state index contributed by atoms with van der Waals surface area (Å²) in [4.78, 5) is 0. The predicted molar refractivity (Wildman–Crippen MR) is 396 cm³/mol. The molecule has 0 spiro atoms. The van der Waals surface area contributed by atoms with Crippen LogP contribution >= 0.6 is 34.8 Å². The summed E-state index contributed by atoms with van der Waals surface area (Å²) in [7, 11) is 0. The first-order valence-electron chi connectivity index (χ1n) is 32.2. The van der Waals surface area contributed by atoms with Crippen molar-refractivity contribution in [1.82, 2.24) is 0 Å². The summed E-state index contributed by atoms with van der Waals surface area (Å²) in [6, 6.07) is 56.2. The van der Waals surface area contributed by atoms with Crippen molar-refractivity contribution in [3.8, 4) is 17.2 Å². The molecule has 0 amide bonds. The van der Waals surface area contributed by atoms with Crippen molar-refractivity contribution in [1.29, 1.82) is 0 Å². The van der Waals surface area contributed by atoms with Crippen molar-refractivity contribution in [2.45, 2.75) is 230 Å². The van der Waals surface area contributed by atoms with E-state index < -0.39 is 0 Å². The van der Waals surface area contributed by atoms with Crippen molar-refractivity contribution in [3.63, 3.8) is 0 Å². The van der Waals surface area contributed by atoms with E-state index in [1.807, 2.05) is 74.5 Å². The molecular formula is C83H121Cl3O3. The Hall–Kier alpha value is -5.19. The summed E-state index contributed by atoms with van der Waals surface area (Å²) < 4.78 is 17.0. The van der Waals surface area contributed by atoms with E-state index in [0.29, 0.717) is 34.1 Å². The molecule has 1 unspecified atom stereocenters. The fraction of sp³-hybridized carbons (Fsp3) is 0.494. The van der Waals surface area contributed by atoms with Crippen molar-refractivity contribution in [3.05, 3.63) is 229 Å². The minimum absolute atomic E-state index is 0.124. The summed E-state index contributed by atoms with van der Waals surface area (Å²) in [5, 5.41) is 2.12. The van der Waals surface area contributed by atoms with Gasteiger partial charge in [0.2, 0.25) is 0 Å². The third kappa shape index (κ3) is 40.3. The maximum absolute atomic E-state index is 6.03. The molecule has 0 aromatic heterocycles. The van der Waals surface area contributed by atoms with Gasteiger partial charge in [-0.1, -0.05) is 324 Å². The van der Waals surface area contributed by atoms with Gasteiger partial charge in [0.1, 0.15) is 23.4 Å². The highest BCUT2D eigenvalue weighted by Gasteiger charge is 2.22. The number of hydrogen-bond acceptors (Lipinski definition) is 3. The number of benzene rings is 7. The predicted octanol–water partition coefficient (Wildman–Crippen LogP) is 26.5. The van der Waals surface area contributed by atoms with Crippen LogP contribution in [0.2, 0.25) is 15.1 Å². The molecule has 7 aromatic rings. The van der Waals surface area contributed by atoms with Gasteiger partial charge in [0.05, 0.1) is 23.3 Å². The van der Waals surface area contributed by atoms with Crippen LogP contribution in [0.4, 0.5) is 0 Å². The molecule has 0 saturated carbocycles. The van der Waals surface area contributed by atoms with Crippen LogP contribution < -0.4 is 14.2 Å². The van der Waals surface area contributed by atoms with Crippen molar-refractivity contribution < 1.29 is 14.2 Å². The number of hydrogen-bond donors (Lipinski definition) is 0. The van der Waals surface area contributed by atoms with Gasteiger partial charge in [-0.05, 0) is 175 Å². The maximum Gasteiger partial charge on any atom is 0.138 e. The summed E-state index contributed by atoms with van der Waals surface area (Å²) in [6.07, 6.45) is 5.06. The van der Waals surface area contributed by atoms with Crippen molar-refractivity contribution >= 4 is 34.8 Å².